The molecule has 5 heteroatoms. The molecule has 1 amide bonds. The van der Waals surface area contributed by atoms with Crippen molar-refractivity contribution in [3.05, 3.63) is 16.6 Å². The Balaban J connectivity index is 1.85. The summed E-state index contributed by atoms with van der Waals surface area (Å²) < 4.78 is 0. The summed E-state index contributed by atoms with van der Waals surface area (Å²) in [5.41, 5.74) is 2.79. The molecule has 3 aliphatic rings. The maximum atomic E-state index is 12.8. The highest BCUT2D eigenvalue weighted by Crippen LogP contribution is 2.51. The van der Waals surface area contributed by atoms with Gasteiger partial charge in [0.25, 0.3) is 0 Å². The van der Waals surface area contributed by atoms with E-state index < -0.39 is 0 Å². The first kappa shape index (κ1) is 12.1. The van der Waals surface area contributed by atoms with E-state index >= 15 is 0 Å². The highest BCUT2D eigenvalue weighted by molar-refractivity contribution is 7.07. The van der Waals surface area contributed by atoms with E-state index in [-0.39, 0.29) is 17.5 Å². The Bertz CT molecular complexity index is 451. The molecule has 18 heavy (non-hydrogen) atoms. The summed E-state index contributed by atoms with van der Waals surface area (Å²) in [6.45, 7) is 3.14. The molecule has 4 rings (SSSR count). The molecular weight excluding hydrogens is 246 g/mol. The van der Waals surface area contributed by atoms with Crippen molar-refractivity contribution in [2.45, 2.75) is 31.3 Å². The molecule has 1 aromatic heterocycles. The first-order valence-electron chi connectivity index (χ1n) is 6.37. The second-order valence-electron chi connectivity index (χ2n) is 6.00. The number of rotatable bonds is 3. The second-order valence-corrected chi connectivity index (χ2v) is 6.72. The van der Waals surface area contributed by atoms with Gasteiger partial charge in [-0.1, -0.05) is 0 Å². The molecule has 2 aliphatic heterocycles. The quantitative estimate of drug-likeness (QED) is 0.835. The highest BCUT2D eigenvalue weighted by Gasteiger charge is 2.55. The molecule has 1 aromatic rings. The maximum absolute atomic E-state index is 12.8. The van der Waals surface area contributed by atoms with Gasteiger partial charge in [0.15, 0.2) is 0 Å². The van der Waals surface area contributed by atoms with Gasteiger partial charge in [-0.15, -0.1) is 11.3 Å². The SMILES string of the molecule is CN(C)C(C(=O)N1CC2CC1(C)C2)c1cscn1. The molecule has 0 N–H and O–H groups in total. The van der Waals surface area contributed by atoms with Gasteiger partial charge in [0.05, 0.1) is 11.2 Å². The monoisotopic (exact) mass is 265 g/mol. The number of fused-ring (bicyclic) bond motifs is 1. The van der Waals surface area contributed by atoms with E-state index in [1.807, 2.05) is 24.4 Å². The molecule has 0 aromatic carbocycles. The number of nitrogens with zero attached hydrogens (tertiary/aromatic N) is 3. The molecular formula is C13H19N3OS. The van der Waals surface area contributed by atoms with Crippen LogP contribution >= 0.6 is 11.3 Å². The van der Waals surface area contributed by atoms with Gasteiger partial charge in [-0.3, -0.25) is 9.69 Å². The Morgan fingerprint density at radius 1 is 1.61 bits per heavy atom. The van der Waals surface area contributed by atoms with Crippen LogP contribution in [0.1, 0.15) is 31.5 Å². The summed E-state index contributed by atoms with van der Waals surface area (Å²) in [4.78, 5) is 21.2. The van der Waals surface area contributed by atoms with Crippen LogP contribution in [0, 0.1) is 5.92 Å². The van der Waals surface area contributed by atoms with Gasteiger partial charge in [-0.2, -0.15) is 0 Å². The van der Waals surface area contributed by atoms with E-state index in [1.54, 1.807) is 16.8 Å². The summed E-state index contributed by atoms with van der Waals surface area (Å²) in [5.74, 6) is 0.950. The molecule has 4 nitrogen and oxygen atoms in total. The molecule has 98 valence electrons. The fourth-order valence-electron chi connectivity index (χ4n) is 3.48. The molecule has 2 bridgehead atoms. The van der Waals surface area contributed by atoms with Crippen molar-refractivity contribution in [2.24, 2.45) is 5.92 Å². The third-order valence-corrected chi connectivity index (χ3v) is 4.90. The zero-order chi connectivity index (χ0) is 12.9. The number of carbonyl (C=O) groups excluding carboxylic acids is 1. The van der Waals surface area contributed by atoms with Gasteiger partial charge in [0.1, 0.15) is 6.04 Å². The first-order chi connectivity index (χ1) is 8.51. The zero-order valence-electron chi connectivity index (χ0n) is 11.1. The predicted molar refractivity (Wildman–Crippen MR) is 71.4 cm³/mol. The Labute approximate surface area is 112 Å². The zero-order valence-corrected chi connectivity index (χ0v) is 11.9. The van der Waals surface area contributed by atoms with Crippen LogP contribution in [-0.4, -0.2) is 46.9 Å². The van der Waals surface area contributed by atoms with Crippen LogP contribution < -0.4 is 0 Å². The third-order valence-electron chi connectivity index (χ3n) is 4.30. The lowest BCUT2D eigenvalue weighted by atomic mass is 9.75. The number of thiazole rings is 1. The van der Waals surface area contributed by atoms with Gasteiger partial charge < -0.3 is 4.90 Å². The van der Waals surface area contributed by atoms with Gasteiger partial charge in [0.2, 0.25) is 5.91 Å². The Morgan fingerprint density at radius 3 is 2.78 bits per heavy atom. The summed E-state index contributed by atoms with van der Waals surface area (Å²) in [5, 5.41) is 1.98. The van der Waals surface area contributed by atoms with Crippen LogP contribution in [0.15, 0.2) is 10.9 Å². The minimum absolute atomic E-state index is 0.117. The number of aromatic nitrogens is 1. The predicted octanol–water partition coefficient (Wildman–Crippen LogP) is 1.76. The van der Waals surface area contributed by atoms with Gasteiger partial charge in [0, 0.05) is 17.5 Å². The minimum Gasteiger partial charge on any atom is -0.335 e. The van der Waals surface area contributed by atoms with Crippen molar-refractivity contribution < 1.29 is 4.79 Å². The van der Waals surface area contributed by atoms with E-state index in [4.69, 9.17) is 0 Å². The minimum atomic E-state index is -0.229. The smallest absolute Gasteiger partial charge is 0.246 e. The van der Waals surface area contributed by atoms with Crippen LogP contribution in [0.25, 0.3) is 0 Å². The normalized spacial score (nSPS) is 31.6. The molecule has 3 fully saturated rings. The van der Waals surface area contributed by atoms with E-state index in [2.05, 4.69) is 16.8 Å². The number of carbonyl (C=O) groups is 1. The fourth-order valence-corrected chi connectivity index (χ4v) is 4.06. The number of amides is 1. The van der Waals surface area contributed by atoms with E-state index in [0.717, 1.165) is 18.2 Å². The molecule has 2 saturated heterocycles. The molecule has 3 heterocycles. The van der Waals surface area contributed by atoms with Crippen LogP contribution in [0.2, 0.25) is 0 Å². The van der Waals surface area contributed by atoms with Crippen molar-refractivity contribution in [3.63, 3.8) is 0 Å². The van der Waals surface area contributed by atoms with Crippen molar-refractivity contribution in [1.82, 2.24) is 14.8 Å². The number of likely N-dealkylation sites (N-methyl/N-ethyl adjacent to an activating group) is 1. The topological polar surface area (TPSA) is 36.4 Å². The molecule has 1 saturated carbocycles. The van der Waals surface area contributed by atoms with Gasteiger partial charge in [-0.25, -0.2) is 4.98 Å². The summed E-state index contributed by atoms with van der Waals surface area (Å²) in [6.07, 6.45) is 2.35. The maximum Gasteiger partial charge on any atom is 0.246 e. The molecule has 1 atom stereocenters. The van der Waals surface area contributed by atoms with Gasteiger partial charge >= 0.3 is 0 Å². The van der Waals surface area contributed by atoms with Crippen LogP contribution in [0.5, 0.6) is 0 Å². The van der Waals surface area contributed by atoms with E-state index in [9.17, 15) is 4.79 Å². The Hall–Kier alpha value is -0.940. The first-order valence-corrected chi connectivity index (χ1v) is 7.31. The molecule has 0 radical (unpaired) electrons. The van der Waals surface area contributed by atoms with Crippen molar-refractivity contribution >= 4 is 17.2 Å². The average molecular weight is 265 g/mol. The number of hydrogen-bond donors (Lipinski definition) is 0. The Morgan fingerprint density at radius 2 is 2.33 bits per heavy atom. The lowest BCUT2D eigenvalue weighted by molar-refractivity contribution is -0.139. The summed E-state index contributed by atoms with van der Waals surface area (Å²) >= 11 is 1.55. The van der Waals surface area contributed by atoms with Crippen molar-refractivity contribution in [3.8, 4) is 0 Å². The van der Waals surface area contributed by atoms with Crippen LogP contribution in [0.4, 0.5) is 0 Å². The number of hydrogen-bond acceptors (Lipinski definition) is 4. The van der Waals surface area contributed by atoms with E-state index in [1.165, 1.54) is 12.8 Å². The molecule has 0 spiro atoms. The molecule has 1 unspecified atom stereocenters. The summed E-state index contributed by atoms with van der Waals surface area (Å²) in [6, 6.07) is -0.229. The van der Waals surface area contributed by atoms with Crippen LogP contribution in [-0.2, 0) is 4.79 Å². The average Bonchev–Trinajstić information content (AvgIpc) is 2.90. The standard InChI is InChI=1S/C13H19N3OS/c1-13-4-9(5-13)6-16(13)12(17)11(15(2)3)10-7-18-8-14-10/h7-9,11H,4-6H2,1-3H3. The van der Waals surface area contributed by atoms with E-state index in [0.29, 0.717) is 0 Å². The lowest BCUT2D eigenvalue weighted by Crippen LogP contribution is -2.49. The second kappa shape index (κ2) is 4.03. The fraction of sp³-hybridized carbons (Fsp3) is 0.692. The van der Waals surface area contributed by atoms with Crippen molar-refractivity contribution in [2.75, 3.05) is 20.6 Å². The van der Waals surface area contributed by atoms with Crippen molar-refractivity contribution in [1.29, 1.82) is 0 Å². The van der Waals surface area contributed by atoms with Crippen LogP contribution in [0.3, 0.4) is 0 Å². The third kappa shape index (κ3) is 1.68. The molecule has 1 aliphatic carbocycles. The largest absolute Gasteiger partial charge is 0.335 e. The Kier molecular flexibility index (Phi) is 2.71. The summed E-state index contributed by atoms with van der Waals surface area (Å²) in [7, 11) is 3.90. The van der Waals surface area contributed by atoms with Gasteiger partial charge in [-0.05, 0) is 39.8 Å². The highest BCUT2D eigenvalue weighted by atomic mass is 32.1. The lowest BCUT2D eigenvalue weighted by Gasteiger charge is -2.40.